The van der Waals surface area contributed by atoms with Crippen LogP contribution >= 0.6 is 11.8 Å². The minimum Gasteiger partial charge on any atom is -0.354 e. The second-order valence-electron chi connectivity index (χ2n) is 8.89. The molecule has 2 aromatic heterocycles. The molecule has 2 aliphatic heterocycles. The van der Waals surface area contributed by atoms with Crippen molar-refractivity contribution in [2.75, 3.05) is 49.1 Å². The quantitative estimate of drug-likeness (QED) is 0.556. The first-order chi connectivity index (χ1) is 16.7. The van der Waals surface area contributed by atoms with Crippen LogP contribution in [0.2, 0.25) is 0 Å². The number of anilines is 2. The summed E-state index contributed by atoms with van der Waals surface area (Å²) in [7, 11) is 0. The van der Waals surface area contributed by atoms with E-state index in [2.05, 4.69) is 55.9 Å². The topological polar surface area (TPSA) is 65.5 Å². The second-order valence-corrected chi connectivity index (χ2v) is 9.95. The van der Waals surface area contributed by atoms with E-state index in [1.807, 2.05) is 29.3 Å². The number of carbonyl (C=O) groups is 1. The van der Waals surface area contributed by atoms with E-state index in [0.29, 0.717) is 6.54 Å². The summed E-state index contributed by atoms with van der Waals surface area (Å²) >= 11 is 1.63. The second kappa shape index (κ2) is 10.4. The molecule has 1 aromatic carbocycles. The molecule has 0 saturated carbocycles. The maximum Gasteiger partial charge on any atom is 0.227 e. The standard InChI is InChI=1S/C26H30N6OS/c1-20-7-9-22(10-8-20)34-25-24(28-12-13-29-25)32-14-4-5-21(19-32)26(33)31-17-15-30(16-18-31)23-6-2-3-11-27-23/h2-3,6-13,21H,4-5,14-19H2,1H3/t21-/m1/s1. The van der Waals surface area contributed by atoms with Crippen molar-refractivity contribution >= 4 is 29.3 Å². The van der Waals surface area contributed by atoms with Crippen LogP contribution < -0.4 is 9.80 Å². The van der Waals surface area contributed by atoms with Crippen molar-refractivity contribution in [1.82, 2.24) is 19.9 Å². The number of amides is 1. The highest BCUT2D eigenvalue weighted by Gasteiger charge is 2.32. The Labute approximate surface area is 205 Å². The summed E-state index contributed by atoms with van der Waals surface area (Å²) in [6.45, 7) is 6.81. The van der Waals surface area contributed by atoms with Crippen LogP contribution in [-0.4, -0.2) is 65.0 Å². The summed E-state index contributed by atoms with van der Waals surface area (Å²) in [5, 5.41) is 0.892. The average molecular weight is 475 g/mol. The first kappa shape index (κ1) is 22.7. The first-order valence-electron chi connectivity index (χ1n) is 11.9. The molecule has 34 heavy (non-hydrogen) atoms. The van der Waals surface area contributed by atoms with Gasteiger partial charge in [0.25, 0.3) is 0 Å². The van der Waals surface area contributed by atoms with E-state index in [1.165, 1.54) is 5.56 Å². The molecule has 176 valence electrons. The van der Waals surface area contributed by atoms with E-state index in [1.54, 1.807) is 24.2 Å². The van der Waals surface area contributed by atoms with Gasteiger partial charge < -0.3 is 14.7 Å². The molecule has 0 N–H and O–H groups in total. The number of rotatable bonds is 5. The molecule has 2 saturated heterocycles. The van der Waals surface area contributed by atoms with Gasteiger partial charge in [-0.05, 0) is 44.0 Å². The number of piperidine rings is 1. The number of piperazine rings is 1. The van der Waals surface area contributed by atoms with E-state index in [9.17, 15) is 4.79 Å². The van der Waals surface area contributed by atoms with Gasteiger partial charge in [-0.1, -0.05) is 35.5 Å². The fraction of sp³-hybridized carbons (Fsp3) is 0.385. The fourth-order valence-electron chi connectivity index (χ4n) is 4.65. The number of nitrogens with zero attached hydrogens (tertiary/aromatic N) is 6. The number of aromatic nitrogens is 3. The summed E-state index contributed by atoms with van der Waals surface area (Å²) in [5.41, 5.74) is 1.24. The molecule has 0 bridgehead atoms. The van der Waals surface area contributed by atoms with Gasteiger partial charge in [-0.25, -0.2) is 15.0 Å². The van der Waals surface area contributed by atoms with Crippen molar-refractivity contribution in [3.05, 3.63) is 66.6 Å². The summed E-state index contributed by atoms with van der Waals surface area (Å²) in [4.78, 5) is 34.8. The first-order valence-corrected chi connectivity index (χ1v) is 12.7. The average Bonchev–Trinajstić information content (AvgIpc) is 2.90. The zero-order valence-corrected chi connectivity index (χ0v) is 20.3. The maximum atomic E-state index is 13.4. The highest BCUT2D eigenvalue weighted by atomic mass is 32.2. The predicted molar refractivity (Wildman–Crippen MR) is 135 cm³/mol. The number of hydrogen-bond acceptors (Lipinski definition) is 7. The van der Waals surface area contributed by atoms with Crippen molar-refractivity contribution in [3.63, 3.8) is 0 Å². The Kier molecular flexibility index (Phi) is 6.94. The smallest absolute Gasteiger partial charge is 0.227 e. The van der Waals surface area contributed by atoms with Gasteiger partial charge in [0, 0.05) is 62.8 Å². The molecule has 2 fully saturated rings. The van der Waals surface area contributed by atoms with E-state index in [4.69, 9.17) is 0 Å². The van der Waals surface area contributed by atoms with Gasteiger partial charge in [0.1, 0.15) is 10.8 Å². The lowest BCUT2D eigenvalue weighted by Gasteiger charge is -2.39. The molecular weight excluding hydrogens is 444 g/mol. The molecule has 5 rings (SSSR count). The third-order valence-corrected chi connectivity index (χ3v) is 7.51. The third kappa shape index (κ3) is 5.17. The van der Waals surface area contributed by atoms with Crippen LogP contribution in [-0.2, 0) is 4.79 Å². The van der Waals surface area contributed by atoms with Crippen LogP contribution in [0.3, 0.4) is 0 Å². The summed E-state index contributed by atoms with van der Waals surface area (Å²) < 4.78 is 0. The minimum atomic E-state index is -0.00520. The molecule has 0 aliphatic carbocycles. The van der Waals surface area contributed by atoms with E-state index >= 15 is 0 Å². The number of benzene rings is 1. The highest BCUT2D eigenvalue weighted by molar-refractivity contribution is 7.99. The lowest BCUT2D eigenvalue weighted by Crippen LogP contribution is -2.53. The lowest BCUT2D eigenvalue weighted by atomic mass is 9.96. The van der Waals surface area contributed by atoms with Gasteiger partial charge in [0.05, 0.1) is 5.92 Å². The Bertz CT molecular complexity index is 1100. The van der Waals surface area contributed by atoms with Crippen molar-refractivity contribution in [3.8, 4) is 0 Å². The molecule has 3 aromatic rings. The summed E-state index contributed by atoms with van der Waals surface area (Å²) in [6.07, 6.45) is 7.22. The van der Waals surface area contributed by atoms with Gasteiger partial charge in [-0.3, -0.25) is 4.79 Å². The molecule has 0 radical (unpaired) electrons. The van der Waals surface area contributed by atoms with Crippen LogP contribution in [0.15, 0.2) is 71.0 Å². The zero-order valence-electron chi connectivity index (χ0n) is 19.5. The number of hydrogen-bond donors (Lipinski definition) is 0. The molecule has 0 spiro atoms. The molecule has 1 atom stereocenters. The van der Waals surface area contributed by atoms with Gasteiger partial charge in [0.2, 0.25) is 5.91 Å². The van der Waals surface area contributed by atoms with Crippen molar-refractivity contribution < 1.29 is 4.79 Å². The van der Waals surface area contributed by atoms with Crippen molar-refractivity contribution in [1.29, 1.82) is 0 Å². The maximum absolute atomic E-state index is 13.4. The van der Waals surface area contributed by atoms with E-state index in [0.717, 1.165) is 67.1 Å². The van der Waals surface area contributed by atoms with Crippen molar-refractivity contribution in [2.45, 2.75) is 29.7 Å². The Morgan fingerprint density at radius 1 is 0.882 bits per heavy atom. The van der Waals surface area contributed by atoms with Gasteiger partial charge in [0.15, 0.2) is 5.82 Å². The molecule has 7 nitrogen and oxygen atoms in total. The summed E-state index contributed by atoms with van der Waals surface area (Å²) in [6, 6.07) is 14.4. The van der Waals surface area contributed by atoms with E-state index in [-0.39, 0.29) is 11.8 Å². The molecule has 4 heterocycles. The summed E-state index contributed by atoms with van der Waals surface area (Å²) in [5.74, 6) is 2.13. The molecule has 2 aliphatic rings. The van der Waals surface area contributed by atoms with Crippen LogP contribution in [0, 0.1) is 12.8 Å². The van der Waals surface area contributed by atoms with Crippen LogP contribution in [0.25, 0.3) is 0 Å². The molecular formula is C26H30N6OS. The van der Waals surface area contributed by atoms with Crippen LogP contribution in [0.5, 0.6) is 0 Å². The molecule has 1 amide bonds. The number of aryl methyl sites for hydroxylation is 1. The predicted octanol–water partition coefficient (Wildman–Crippen LogP) is 3.90. The Balaban J connectivity index is 1.23. The van der Waals surface area contributed by atoms with E-state index < -0.39 is 0 Å². The van der Waals surface area contributed by atoms with Crippen LogP contribution in [0.1, 0.15) is 18.4 Å². The van der Waals surface area contributed by atoms with Crippen LogP contribution in [0.4, 0.5) is 11.6 Å². The van der Waals surface area contributed by atoms with Gasteiger partial charge in [-0.15, -0.1) is 0 Å². The normalized spacial score (nSPS) is 18.7. The monoisotopic (exact) mass is 474 g/mol. The lowest BCUT2D eigenvalue weighted by molar-refractivity contribution is -0.136. The minimum absolute atomic E-state index is 0.00520. The Hall–Kier alpha value is -3.13. The third-order valence-electron chi connectivity index (χ3n) is 6.52. The Morgan fingerprint density at radius 3 is 2.44 bits per heavy atom. The number of carbonyl (C=O) groups excluding carboxylic acids is 1. The van der Waals surface area contributed by atoms with Crippen molar-refractivity contribution in [2.24, 2.45) is 5.92 Å². The van der Waals surface area contributed by atoms with Gasteiger partial charge in [-0.2, -0.15) is 0 Å². The van der Waals surface area contributed by atoms with Gasteiger partial charge >= 0.3 is 0 Å². The molecule has 8 heteroatoms. The highest BCUT2D eigenvalue weighted by Crippen LogP contribution is 2.34. The SMILES string of the molecule is Cc1ccc(Sc2nccnc2N2CCC[C@@H](C(=O)N3CCN(c4ccccn4)CC3)C2)cc1. The Morgan fingerprint density at radius 2 is 1.68 bits per heavy atom. The molecule has 0 unspecified atom stereocenters. The number of pyridine rings is 1. The largest absolute Gasteiger partial charge is 0.354 e. The fourth-order valence-corrected chi connectivity index (χ4v) is 5.53. The zero-order chi connectivity index (χ0) is 23.3.